The van der Waals surface area contributed by atoms with Crippen LogP contribution < -0.4 is 16.0 Å². The molecule has 0 amide bonds. The standard InChI is InChI=1S/C22H27N5O3/c1-29-13-14-30-22(28)17-5-6-21(20(24)15-17)25-18-3-2-4-19(16-18)27-11-9-26(8-7-23)10-12-27/h2-6,15-16,25H,8-14,24H2,1H3. The van der Waals surface area contributed by atoms with Crippen molar-refractivity contribution in [1.82, 2.24) is 4.90 Å². The number of hydrogen-bond acceptors (Lipinski definition) is 8. The van der Waals surface area contributed by atoms with Gasteiger partial charge in [0, 0.05) is 44.7 Å². The number of rotatable bonds is 8. The van der Waals surface area contributed by atoms with E-state index in [1.807, 2.05) is 12.1 Å². The van der Waals surface area contributed by atoms with Crippen LogP contribution in [0.4, 0.5) is 22.7 Å². The van der Waals surface area contributed by atoms with E-state index >= 15 is 0 Å². The van der Waals surface area contributed by atoms with Gasteiger partial charge in [-0.05, 0) is 36.4 Å². The second-order valence-corrected chi connectivity index (χ2v) is 7.03. The highest BCUT2D eigenvalue weighted by Crippen LogP contribution is 2.27. The lowest BCUT2D eigenvalue weighted by molar-refractivity contribution is 0.0388. The van der Waals surface area contributed by atoms with Gasteiger partial charge in [-0.25, -0.2) is 4.79 Å². The van der Waals surface area contributed by atoms with E-state index in [4.69, 9.17) is 20.5 Å². The first-order chi connectivity index (χ1) is 14.6. The number of nitriles is 1. The molecule has 0 aromatic heterocycles. The van der Waals surface area contributed by atoms with Crippen LogP contribution in [0, 0.1) is 11.3 Å². The molecule has 158 valence electrons. The van der Waals surface area contributed by atoms with Gasteiger partial charge in [0.1, 0.15) is 6.61 Å². The lowest BCUT2D eigenvalue weighted by Crippen LogP contribution is -2.46. The SMILES string of the molecule is COCCOC(=O)c1ccc(Nc2cccc(N3CCN(CC#N)CC3)c2)c(N)c1. The summed E-state index contributed by atoms with van der Waals surface area (Å²) in [6.45, 7) is 4.54. The van der Waals surface area contributed by atoms with E-state index in [2.05, 4.69) is 33.3 Å². The molecule has 8 heteroatoms. The second-order valence-electron chi connectivity index (χ2n) is 7.03. The largest absolute Gasteiger partial charge is 0.460 e. The summed E-state index contributed by atoms with van der Waals surface area (Å²) < 4.78 is 10.00. The van der Waals surface area contributed by atoms with Gasteiger partial charge in [0.05, 0.1) is 36.2 Å². The Bertz CT molecular complexity index is 904. The molecule has 1 fully saturated rings. The van der Waals surface area contributed by atoms with E-state index in [1.165, 1.54) is 0 Å². The summed E-state index contributed by atoms with van der Waals surface area (Å²) in [6.07, 6.45) is 0. The third-order valence-electron chi connectivity index (χ3n) is 4.96. The van der Waals surface area contributed by atoms with Crippen molar-refractivity contribution >= 4 is 28.7 Å². The topological polar surface area (TPSA) is 104 Å². The summed E-state index contributed by atoms with van der Waals surface area (Å²) in [5.41, 5.74) is 9.77. The van der Waals surface area contributed by atoms with Crippen molar-refractivity contribution in [2.45, 2.75) is 0 Å². The molecule has 0 atom stereocenters. The molecule has 3 N–H and O–H groups in total. The Morgan fingerprint density at radius 2 is 1.97 bits per heavy atom. The molecule has 0 saturated carbocycles. The molecule has 0 radical (unpaired) electrons. The second kappa shape index (κ2) is 10.5. The van der Waals surface area contributed by atoms with Gasteiger partial charge >= 0.3 is 5.97 Å². The van der Waals surface area contributed by atoms with Crippen molar-refractivity contribution in [3.63, 3.8) is 0 Å². The number of carbonyl (C=O) groups excluding carboxylic acids is 1. The van der Waals surface area contributed by atoms with E-state index in [0.717, 1.165) is 43.2 Å². The van der Waals surface area contributed by atoms with Gasteiger partial charge in [0.15, 0.2) is 0 Å². The molecule has 0 unspecified atom stereocenters. The number of nitrogens with zero attached hydrogens (tertiary/aromatic N) is 3. The smallest absolute Gasteiger partial charge is 0.338 e. The lowest BCUT2D eigenvalue weighted by atomic mass is 10.1. The van der Waals surface area contributed by atoms with Gasteiger partial charge in [-0.15, -0.1) is 0 Å². The van der Waals surface area contributed by atoms with Crippen LogP contribution in [0.25, 0.3) is 0 Å². The Labute approximate surface area is 176 Å². The summed E-state index contributed by atoms with van der Waals surface area (Å²) in [6, 6.07) is 15.4. The van der Waals surface area contributed by atoms with Crippen molar-refractivity contribution in [3.05, 3.63) is 48.0 Å². The number of hydrogen-bond donors (Lipinski definition) is 2. The Morgan fingerprint density at radius 3 is 2.67 bits per heavy atom. The molecule has 1 aliphatic heterocycles. The molecular formula is C22H27N5O3. The molecule has 2 aromatic carbocycles. The highest BCUT2D eigenvalue weighted by molar-refractivity contribution is 5.92. The molecule has 1 aliphatic rings. The van der Waals surface area contributed by atoms with Crippen LogP contribution in [-0.4, -0.2) is 63.9 Å². The number of nitrogens with two attached hydrogens (primary N) is 1. The maximum atomic E-state index is 12.0. The molecule has 1 heterocycles. The number of nitrogens with one attached hydrogen (secondary N) is 1. The predicted octanol–water partition coefficient (Wildman–Crippen LogP) is 2.46. The van der Waals surface area contributed by atoms with Gasteiger partial charge in [-0.3, -0.25) is 4.90 Å². The molecule has 8 nitrogen and oxygen atoms in total. The van der Waals surface area contributed by atoms with Crippen LogP contribution in [0.15, 0.2) is 42.5 Å². The summed E-state index contributed by atoms with van der Waals surface area (Å²) in [5, 5.41) is 12.2. The first kappa shape index (κ1) is 21.4. The fourth-order valence-corrected chi connectivity index (χ4v) is 3.30. The maximum absolute atomic E-state index is 12.0. The van der Waals surface area contributed by atoms with Crippen LogP contribution in [0.3, 0.4) is 0 Å². The number of benzene rings is 2. The number of ether oxygens (including phenoxy) is 2. The molecule has 30 heavy (non-hydrogen) atoms. The average Bonchev–Trinajstić information content (AvgIpc) is 2.76. The normalized spacial score (nSPS) is 14.2. The first-order valence-corrected chi connectivity index (χ1v) is 9.87. The Balaban J connectivity index is 1.63. The molecule has 1 saturated heterocycles. The zero-order valence-electron chi connectivity index (χ0n) is 17.1. The van der Waals surface area contributed by atoms with E-state index in [0.29, 0.717) is 24.4 Å². The molecule has 3 rings (SSSR count). The van der Waals surface area contributed by atoms with Crippen LogP contribution >= 0.6 is 0 Å². The van der Waals surface area contributed by atoms with Crippen molar-refractivity contribution in [2.24, 2.45) is 0 Å². The molecular weight excluding hydrogens is 382 g/mol. The monoisotopic (exact) mass is 409 g/mol. The van der Waals surface area contributed by atoms with Crippen molar-refractivity contribution in [2.75, 3.05) is 69.0 Å². The molecule has 2 aromatic rings. The third-order valence-corrected chi connectivity index (χ3v) is 4.96. The quantitative estimate of drug-likeness (QED) is 0.297. The third kappa shape index (κ3) is 5.63. The zero-order valence-corrected chi connectivity index (χ0v) is 17.1. The van der Waals surface area contributed by atoms with Crippen molar-refractivity contribution in [3.8, 4) is 6.07 Å². The minimum Gasteiger partial charge on any atom is -0.460 e. The minimum atomic E-state index is -0.428. The average molecular weight is 409 g/mol. The fourth-order valence-electron chi connectivity index (χ4n) is 3.30. The van der Waals surface area contributed by atoms with Gasteiger partial charge in [-0.2, -0.15) is 5.26 Å². The summed E-state index contributed by atoms with van der Waals surface area (Å²) >= 11 is 0. The number of anilines is 4. The highest BCUT2D eigenvalue weighted by Gasteiger charge is 2.17. The van der Waals surface area contributed by atoms with Gasteiger partial charge in [0.25, 0.3) is 0 Å². The van der Waals surface area contributed by atoms with Gasteiger partial charge < -0.3 is 25.4 Å². The number of nitrogen functional groups attached to an aromatic ring is 1. The number of piperazine rings is 1. The zero-order chi connectivity index (χ0) is 21.3. The molecule has 0 spiro atoms. The van der Waals surface area contributed by atoms with Crippen LogP contribution in [0.2, 0.25) is 0 Å². The Kier molecular flexibility index (Phi) is 7.49. The highest BCUT2D eigenvalue weighted by atomic mass is 16.6. The van der Waals surface area contributed by atoms with E-state index in [9.17, 15) is 4.79 Å². The number of esters is 1. The van der Waals surface area contributed by atoms with E-state index < -0.39 is 5.97 Å². The van der Waals surface area contributed by atoms with Crippen LogP contribution in [0.1, 0.15) is 10.4 Å². The van der Waals surface area contributed by atoms with Crippen molar-refractivity contribution in [1.29, 1.82) is 5.26 Å². The minimum absolute atomic E-state index is 0.201. The van der Waals surface area contributed by atoms with Gasteiger partial charge in [0.2, 0.25) is 0 Å². The molecule has 0 bridgehead atoms. The summed E-state index contributed by atoms with van der Waals surface area (Å²) in [4.78, 5) is 16.5. The number of carbonyl (C=O) groups is 1. The van der Waals surface area contributed by atoms with Gasteiger partial charge in [-0.1, -0.05) is 6.07 Å². The Morgan fingerprint density at radius 1 is 1.17 bits per heavy atom. The van der Waals surface area contributed by atoms with Crippen LogP contribution in [0.5, 0.6) is 0 Å². The first-order valence-electron chi connectivity index (χ1n) is 9.87. The predicted molar refractivity (Wildman–Crippen MR) is 117 cm³/mol. The van der Waals surface area contributed by atoms with Crippen LogP contribution in [-0.2, 0) is 9.47 Å². The number of methoxy groups -OCH3 is 1. The molecule has 0 aliphatic carbocycles. The maximum Gasteiger partial charge on any atom is 0.338 e. The van der Waals surface area contributed by atoms with E-state index in [-0.39, 0.29) is 6.61 Å². The summed E-state index contributed by atoms with van der Waals surface area (Å²) in [5.74, 6) is -0.428. The van der Waals surface area contributed by atoms with Crippen molar-refractivity contribution < 1.29 is 14.3 Å². The fraction of sp³-hybridized carbons (Fsp3) is 0.364. The van der Waals surface area contributed by atoms with E-state index in [1.54, 1.807) is 25.3 Å². The summed E-state index contributed by atoms with van der Waals surface area (Å²) in [7, 11) is 1.55. The Hall–Kier alpha value is -3.28. The lowest BCUT2D eigenvalue weighted by Gasteiger charge is -2.35.